The lowest BCUT2D eigenvalue weighted by molar-refractivity contribution is -0.0347. The first-order chi connectivity index (χ1) is 7.23. The molecule has 1 aliphatic carbocycles. The van der Waals surface area contributed by atoms with Gasteiger partial charge in [0.05, 0.1) is 0 Å². The van der Waals surface area contributed by atoms with Crippen molar-refractivity contribution in [3.05, 3.63) is 0 Å². The van der Waals surface area contributed by atoms with Crippen LogP contribution in [0.2, 0.25) is 0 Å². The van der Waals surface area contributed by atoms with Gasteiger partial charge in [0.25, 0.3) is 0 Å². The van der Waals surface area contributed by atoms with Gasteiger partial charge in [0.15, 0.2) is 0 Å². The van der Waals surface area contributed by atoms with Crippen molar-refractivity contribution in [2.45, 2.75) is 44.5 Å². The lowest BCUT2D eigenvalue weighted by Crippen LogP contribution is -2.25. The van der Waals surface area contributed by atoms with E-state index < -0.39 is 31.9 Å². The van der Waals surface area contributed by atoms with Gasteiger partial charge in [-0.25, -0.2) is 4.79 Å². The van der Waals surface area contributed by atoms with Gasteiger partial charge in [-0.1, -0.05) is 0 Å². The number of nitrogens with two attached hydrogens (primary N) is 1. The van der Waals surface area contributed by atoms with Crippen LogP contribution in [0.25, 0.3) is 0 Å². The Kier molecular flexibility index (Phi) is 3.88. The summed E-state index contributed by atoms with van der Waals surface area (Å²) in [5, 5.41) is -0.716. The third-order valence-corrected chi connectivity index (χ3v) is 3.38. The average Bonchev–Trinajstić information content (AvgIpc) is 2.81. The fourth-order valence-electron chi connectivity index (χ4n) is 0.841. The summed E-state index contributed by atoms with van der Waals surface area (Å²) in [5.41, 5.74) is 5.01. The standard InChI is InChI=1S/C9H17NO5P/c1-8(2,3)15-7(11)13-6-14-16(12)9(10)4-5-9/h4-6,10H2,1-3H3/q+1. The molecule has 1 atom stereocenters. The van der Waals surface area contributed by atoms with Crippen molar-refractivity contribution in [3.63, 3.8) is 0 Å². The van der Waals surface area contributed by atoms with E-state index in [9.17, 15) is 9.36 Å². The molecule has 1 unspecified atom stereocenters. The molecule has 1 fully saturated rings. The molecule has 6 nitrogen and oxygen atoms in total. The van der Waals surface area contributed by atoms with Crippen LogP contribution in [0, 0.1) is 0 Å². The largest absolute Gasteiger partial charge is 0.533 e. The summed E-state index contributed by atoms with van der Waals surface area (Å²) < 4.78 is 25.6. The van der Waals surface area contributed by atoms with Crippen molar-refractivity contribution in [2.24, 2.45) is 5.73 Å². The van der Waals surface area contributed by atoms with E-state index in [4.69, 9.17) is 15.0 Å². The second kappa shape index (κ2) is 4.65. The van der Waals surface area contributed by atoms with Gasteiger partial charge in [-0.2, -0.15) is 0 Å². The maximum Gasteiger partial charge on any atom is 0.533 e. The third-order valence-electron chi connectivity index (χ3n) is 1.86. The predicted octanol–water partition coefficient (Wildman–Crippen LogP) is 2.10. The van der Waals surface area contributed by atoms with Crippen molar-refractivity contribution in [2.75, 3.05) is 6.79 Å². The van der Waals surface area contributed by atoms with Crippen LogP contribution in [0.4, 0.5) is 4.79 Å². The molecule has 0 saturated heterocycles. The molecular formula is C9H17NO5P+. The minimum atomic E-state index is -1.98. The summed E-state index contributed by atoms with van der Waals surface area (Å²) >= 11 is 0. The molecular weight excluding hydrogens is 233 g/mol. The highest BCUT2D eigenvalue weighted by molar-refractivity contribution is 7.41. The number of hydrogen-bond acceptors (Lipinski definition) is 6. The molecule has 0 aromatic heterocycles. The van der Waals surface area contributed by atoms with Crippen LogP contribution in [0.1, 0.15) is 33.6 Å². The number of ether oxygens (including phenoxy) is 2. The quantitative estimate of drug-likeness (QED) is 0.467. The molecule has 0 aromatic carbocycles. The van der Waals surface area contributed by atoms with Gasteiger partial charge in [-0.15, -0.1) is 4.52 Å². The first-order valence-corrected chi connectivity index (χ1v) is 6.16. The number of hydrogen-bond donors (Lipinski definition) is 1. The average molecular weight is 250 g/mol. The van der Waals surface area contributed by atoms with E-state index in [0.29, 0.717) is 12.8 Å². The van der Waals surface area contributed by atoms with Gasteiger partial charge < -0.3 is 9.47 Å². The zero-order chi connectivity index (χ0) is 12.4. The molecule has 1 aliphatic rings. The van der Waals surface area contributed by atoms with E-state index in [-0.39, 0.29) is 0 Å². The third kappa shape index (κ3) is 4.43. The fourth-order valence-corrected chi connectivity index (χ4v) is 1.72. The minimum absolute atomic E-state index is 0.400. The highest BCUT2D eigenvalue weighted by atomic mass is 31.1. The summed E-state index contributed by atoms with van der Waals surface area (Å²) in [6.45, 7) is 4.75. The van der Waals surface area contributed by atoms with Crippen LogP contribution in [-0.2, 0) is 18.6 Å². The van der Waals surface area contributed by atoms with E-state index in [1.165, 1.54) is 0 Å². The molecule has 92 valence electrons. The number of carbonyl (C=O) groups is 1. The Hall–Kier alpha value is -0.710. The molecule has 0 radical (unpaired) electrons. The Labute approximate surface area is 95.3 Å². The zero-order valence-electron chi connectivity index (χ0n) is 9.69. The highest BCUT2D eigenvalue weighted by Gasteiger charge is 2.59. The SMILES string of the molecule is CC(C)(C)OC(=O)OCO[P+](=O)C1(N)CC1. The maximum atomic E-state index is 11.4. The normalized spacial score (nSPS) is 18.9. The summed E-state index contributed by atoms with van der Waals surface area (Å²) in [6.07, 6.45) is 0.501. The molecule has 16 heavy (non-hydrogen) atoms. The van der Waals surface area contributed by atoms with Crippen LogP contribution in [0.15, 0.2) is 0 Å². The second-order valence-corrected chi connectivity index (χ2v) is 6.38. The Morgan fingerprint density at radius 3 is 2.44 bits per heavy atom. The topological polar surface area (TPSA) is 87.9 Å². The second-order valence-electron chi connectivity index (χ2n) is 4.72. The van der Waals surface area contributed by atoms with Gasteiger partial charge in [-0.05, 0) is 25.3 Å². The Balaban J connectivity index is 2.16. The van der Waals surface area contributed by atoms with Gasteiger partial charge in [-0.3, -0.25) is 5.73 Å². The lowest BCUT2D eigenvalue weighted by atomic mass is 10.2. The van der Waals surface area contributed by atoms with Crippen molar-refractivity contribution in [3.8, 4) is 0 Å². The van der Waals surface area contributed by atoms with E-state index >= 15 is 0 Å². The number of rotatable bonds is 4. The minimum Gasteiger partial charge on any atom is -0.429 e. The van der Waals surface area contributed by atoms with Crippen LogP contribution in [0.3, 0.4) is 0 Å². The maximum absolute atomic E-state index is 11.4. The van der Waals surface area contributed by atoms with E-state index in [1.54, 1.807) is 20.8 Å². The molecule has 1 rings (SSSR count). The molecule has 0 amide bonds. The highest BCUT2D eigenvalue weighted by Crippen LogP contribution is 2.53. The molecule has 0 aliphatic heterocycles. The summed E-state index contributed by atoms with van der Waals surface area (Å²) in [5.74, 6) is 0. The zero-order valence-corrected chi connectivity index (χ0v) is 10.6. The van der Waals surface area contributed by atoms with Gasteiger partial charge in [0.2, 0.25) is 12.1 Å². The Bertz CT molecular complexity index is 295. The first-order valence-electron chi connectivity index (χ1n) is 4.98. The smallest absolute Gasteiger partial charge is 0.429 e. The van der Waals surface area contributed by atoms with Crippen LogP contribution in [0.5, 0.6) is 0 Å². The van der Waals surface area contributed by atoms with E-state index in [0.717, 1.165) is 0 Å². The summed E-state index contributed by atoms with van der Waals surface area (Å²) in [4.78, 5) is 11.1. The Morgan fingerprint density at radius 2 is 2.00 bits per heavy atom. The van der Waals surface area contributed by atoms with Crippen LogP contribution >= 0.6 is 8.03 Å². The summed E-state index contributed by atoms with van der Waals surface area (Å²) in [6, 6.07) is 0. The monoisotopic (exact) mass is 250 g/mol. The molecule has 7 heteroatoms. The van der Waals surface area contributed by atoms with Gasteiger partial charge in [0.1, 0.15) is 5.60 Å². The van der Waals surface area contributed by atoms with Crippen LogP contribution in [-0.4, -0.2) is 23.8 Å². The van der Waals surface area contributed by atoms with Crippen molar-refractivity contribution in [1.82, 2.24) is 0 Å². The Morgan fingerprint density at radius 1 is 1.44 bits per heavy atom. The van der Waals surface area contributed by atoms with Crippen molar-refractivity contribution >= 4 is 14.2 Å². The predicted molar refractivity (Wildman–Crippen MR) is 57.0 cm³/mol. The molecule has 0 bridgehead atoms. The lowest BCUT2D eigenvalue weighted by Gasteiger charge is -2.18. The van der Waals surface area contributed by atoms with Gasteiger partial charge >= 0.3 is 14.2 Å². The molecule has 0 spiro atoms. The molecule has 2 N–H and O–H groups in total. The number of carbonyl (C=O) groups excluding carboxylic acids is 1. The summed E-state index contributed by atoms with van der Waals surface area (Å²) in [7, 11) is -1.98. The molecule has 1 saturated carbocycles. The van der Waals surface area contributed by atoms with Crippen molar-refractivity contribution in [1.29, 1.82) is 0 Å². The van der Waals surface area contributed by atoms with E-state index in [2.05, 4.69) is 4.74 Å². The van der Waals surface area contributed by atoms with E-state index in [1.807, 2.05) is 0 Å². The first kappa shape index (κ1) is 13.4. The molecule has 0 heterocycles. The van der Waals surface area contributed by atoms with Crippen LogP contribution < -0.4 is 5.73 Å². The fraction of sp³-hybridized carbons (Fsp3) is 0.889. The van der Waals surface area contributed by atoms with Gasteiger partial charge in [0, 0.05) is 12.8 Å². The molecule has 0 aromatic rings. The van der Waals surface area contributed by atoms with Crippen molar-refractivity contribution < 1.29 is 23.4 Å².